The molecule has 1 fully saturated rings. The van der Waals surface area contributed by atoms with Gasteiger partial charge >= 0.3 is 0 Å². The average molecular weight is 212 g/mol. The molecule has 1 atom stereocenters. The summed E-state index contributed by atoms with van der Waals surface area (Å²) >= 11 is 0. The number of benzene rings is 1. The van der Waals surface area contributed by atoms with Gasteiger partial charge < -0.3 is 9.47 Å². The van der Waals surface area contributed by atoms with Crippen LogP contribution in [0.2, 0.25) is 0 Å². The Morgan fingerprint density at radius 1 is 1.44 bits per heavy atom. The fourth-order valence-corrected chi connectivity index (χ4v) is 1.19. The molecule has 16 heavy (non-hydrogen) atoms. The molecule has 0 aliphatic carbocycles. The lowest BCUT2D eigenvalue weighted by Crippen LogP contribution is -1.97. The molecule has 0 spiro atoms. The van der Waals surface area contributed by atoms with E-state index < -0.39 is 0 Å². The molecular weight excluding hydrogens is 204 g/mol. The lowest BCUT2D eigenvalue weighted by Gasteiger charge is -2.02. The second-order valence-corrected chi connectivity index (χ2v) is 3.23. The third-order valence-electron chi connectivity index (χ3n) is 1.98. The molecule has 2 rings (SSSR count). The highest BCUT2D eigenvalue weighted by atomic mass is 16.8. The van der Waals surface area contributed by atoms with Crippen LogP contribution in [0.5, 0.6) is 5.75 Å². The SMILES string of the molecule is N#CC(C#N)=Cc1cccc(OC2CO2)c1. The zero-order chi connectivity index (χ0) is 11.4. The fraction of sp³-hybridized carbons (Fsp3) is 0.167. The predicted octanol–water partition coefficient (Wildman–Crippen LogP) is 1.85. The molecule has 1 aromatic carbocycles. The lowest BCUT2D eigenvalue weighted by molar-refractivity contribution is 0.179. The van der Waals surface area contributed by atoms with E-state index in [0.29, 0.717) is 12.4 Å². The van der Waals surface area contributed by atoms with Crippen LogP contribution in [0.1, 0.15) is 5.56 Å². The molecule has 0 saturated carbocycles. The van der Waals surface area contributed by atoms with Crippen LogP contribution in [0.15, 0.2) is 29.8 Å². The quantitative estimate of drug-likeness (QED) is 0.566. The van der Waals surface area contributed by atoms with Crippen LogP contribution in [0, 0.1) is 22.7 Å². The monoisotopic (exact) mass is 212 g/mol. The minimum atomic E-state index is -0.148. The van der Waals surface area contributed by atoms with E-state index >= 15 is 0 Å². The van der Waals surface area contributed by atoms with Crippen LogP contribution in [0.3, 0.4) is 0 Å². The molecule has 0 N–H and O–H groups in total. The normalized spacial score (nSPS) is 16.8. The molecule has 4 nitrogen and oxygen atoms in total. The number of ether oxygens (including phenoxy) is 2. The highest BCUT2D eigenvalue weighted by Gasteiger charge is 2.24. The minimum absolute atomic E-state index is 0.0693. The molecule has 0 radical (unpaired) electrons. The molecule has 1 aliphatic heterocycles. The zero-order valence-corrected chi connectivity index (χ0v) is 8.38. The molecule has 0 aromatic heterocycles. The molecule has 4 heteroatoms. The van der Waals surface area contributed by atoms with Crippen molar-refractivity contribution in [1.29, 1.82) is 10.5 Å². The average Bonchev–Trinajstić information content (AvgIpc) is 3.10. The molecule has 1 aliphatic rings. The summed E-state index contributed by atoms with van der Waals surface area (Å²) in [6.07, 6.45) is 1.37. The van der Waals surface area contributed by atoms with Gasteiger partial charge in [0.25, 0.3) is 0 Å². The first-order valence-corrected chi connectivity index (χ1v) is 4.72. The Morgan fingerprint density at radius 2 is 2.19 bits per heavy atom. The second-order valence-electron chi connectivity index (χ2n) is 3.23. The summed E-state index contributed by atoms with van der Waals surface area (Å²) in [7, 11) is 0. The Balaban J connectivity index is 2.19. The van der Waals surface area contributed by atoms with E-state index in [4.69, 9.17) is 20.0 Å². The third-order valence-corrected chi connectivity index (χ3v) is 1.98. The molecule has 1 saturated heterocycles. The van der Waals surface area contributed by atoms with Gasteiger partial charge in [0.2, 0.25) is 6.29 Å². The van der Waals surface area contributed by atoms with Crippen molar-refractivity contribution in [3.8, 4) is 17.9 Å². The van der Waals surface area contributed by atoms with Crippen molar-refractivity contribution in [2.24, 2.45) is 0 Å². The molecule has 1 heterocycles. The van der Waals surface area contributed by atoms with E-state index in [0.717, 1.165) is 5.56 Å². The minimum Gasteiger partial charge on any atom is -0.462 e. The van der Waals surface area contributed by atoms with Crippen molar-refractivity contribution in [3.05, 3.63) is 35.4 Å². The van der Waals surface area contributed by atoms with E-state index in [2.05, 4.69) is 0 Å². The number of allylic oxidation sites excluding steroid dienone is 1. The highest BCUT2D eigenvalue weighted by molar-refractivity contribution is 5.62. The van der Waals surface area contributed by atoms with Crippen molar-refractivity contribution >= 4 is 6.08 Å². The maximum absolute atomic E-state index is 8.62. The van der Waals surface area contributed by atoms with Crippen molar-refractivity contribution in [2.75, 3.05) is 6.61 Å². The van der Waals surface area contributed by atoms with E-state index in [1.807, 2.05) is 12.1 Å². The number of nitrogens with zero attached hydrogens (tertiary/aromatic N) is 2. The molecule has 1 aromatic rings. The largest absolute Gasteiger partial charge is 0.462 e. The van der Waals surface area contributed by atoms with Crippen molar-refractivity contribution < 1.29 is 9.47 Å². The van der Waals surface area contributed by atoms with E-state index in [-0.39, 0.29) is 11.9 Å². The van der Waals surface area contributed by atoms with E-state index in [1.165, 1.54) is 6.08 Å². The number of nitriles is 2. The molecule has 0 amide bonds. The van der Waals surface area contributed by atoms with Gasteiger partial charge in [-0.2, -0.15) is 10.5 Å². The van der Waals surface area contributed by atoms with Crippen LogP contribution in [0.4, 0.5) is 0 Å². The number of rotatable bonds is 3. The third kappa shape index (κ3) is 2.60. The molecule has 0 bridgehead atoms. The number of epoxide rings is 1. The van der Waals surface area contributed by atoms with Gasteiger partial charge in [-0.15, -0.1) is 0 Å². The second kappa shape index (κ2) is 4.48. The van der Waals surface area contributed by atoms with Gasteiger partial charge in [0.05, 0.1) is 0 Å². The topological polar surface area (TPSA) is 69.3 Å². The fourth-order valence-electron chi connectivity index (χ4n) is 1.19. The van der Waals surface area contributed by atoms with Crippen LogP contribution >= 0.6 is 0 Å². The number of hydrogen-bond donors (Lipinski definition) is 0. The van der Waals surface area contributed by atoms with Crippen molar-refractivity contribution in [2.45, 2.75) is 6.29 Å². The Hall–Kier alpha value is -2.30. The first kappa shape index (κ1) is 10.2. The number of hydrogen-bond acceptors (Lipinski definition) is 4. The Labute approximate surface area is 92.9 Å². The van der Waals surface area contributed by atoms with Gasteiger partial charge in [0.1, 0.15) is 30.1 Å². The van der Waals surface area contributed by atoms with Crippen LogP contribution < -0.4 is 4.74 Å². The van der Waals surface area contributed by atoms with Crippen LogP contribution in [-0.2, 0) is 4.74 Å². The van der Waals surface area contributed by atoms with E-state index in [9.17, 15) is 0 Å². The van der Waals surface area contributed by atoms with Gasteiger partial charge in [-0.3, -0.25) is 0 Å². The van der Waals surface area contributed by atoms with Crippen molar-refractivity contribution in [1.82, 2.24) is 0 Å². The highest BCUT2D eigenvalue weighted by Crippen LogP contribution is 2.20. The summed E-state index contributed by atoms with van der Waals surface area (Å²) in [5.41, 5.74) is 0.830. The Kier molecular flexibility index (Phi) is 2.86. The van der Waals surface area contributed by atoms with Gasteiger partial charge in [0.15, 0.2) is 0 Å². The summed E-state index contributed by atoms with van der Waals surface area (Å²) in [5.74, 6) is 0.673. The van der Waals surface area contributed by atoms with Gasteiger partial charge in [0, 0.05) is 0 Å². The van der Waals surface area contributed by atoms with Gasteiger partial charge in [-0.1, -0.05) is 12.1 Å². The summed E-state index contributed by atoms with van der Waals surface area (Å²) < 4.78 is 10.3. The first-order chi connectivity index (χ1) is 7.81. The smallest absolute Gasteiger partial charge is 0.223 e. The summed E-state index contributed by atoms with van der Waals surface area (Å²) in [6.45, 7) is 0.613. The summed E-state index contributed by atoms with van der Waals surface area (Å²) in [4.78, 5) is 0. The van der Waals surface area contributed by atoms with Gasteiger partial charge in [-0.05, 0) is 23.8 Å². The van der Waals surface area contributed by atoms with Gasteiger partial charge in [-0.25, -0.2) is 0 Å². The van der Waals surface area contributed by atoms with Crippen LogP contribution in [0.25, 0.3) is 6.08 Å². The molecule has 78 valence electrons. The lowest BCUT2D eigenvalue weighted by atomic mass is 10.1. The molecule has 1 unspecified atom stereocenters. The zero-order valence-electron chi connectivity index (χ0n) is 8.38. The predicted molar refractivity (Wildman–Crippen MR) is 56.0 cm³/mol. The maximum Gasteiger partial charge on any atom is 0.223 e. The maximum atomic E-state index is 8.62. The Morgan fingerprint density at radius 3 is 2.81 bits per heavy atom. The summed E-state index contributed by atoms with van der Waals surface area (Å²) in [5, 5.41) is 17.2. The standard InChI is InChI=1S/C12H8N2O2/c13-6-10(7-14)4-9-2-1-3-11(5-9)16-12-8-15-12/h1-5,12H,8H2. The first-order valence-electron chi connectivity index (χ1n) is 4.72. The summed E-state index contributed by atoms with van der Waals surface area (Å²) in [6, 6.07) is 10.8. The van der Waals surface area contributed by atoms with Crippen LogP contribution in [-0.4, -0.2) is 12.9 Å². The Bertz CT molecular complexity index is 488. The van der Waals surface area contributed by atoms with E-state index in [1.54, 1.807) is 24.3 Å². The molecular formula is C12H8N2O2. The van der Waals surface area contributed by atoms with Crippen molar-refractivity contribution in [3.63, 3.8) is 0 Å².